The first-order valence-corrected chi connectivity index (χ1v) is 11.4. The maximum atomic E-state index is 12.7. The molecule has 7 heteroatoms. The maximum Gasteiger partial charge on any atom is 0.255 e. The molecule has 162 valence electrons. The van der Waals surface area contributed by atoms with E-state index in [0.717, 1.165) is 83.4 Å². The molecule has 0 bridgehead atoms. The summed E-state index contributed by atoms with van der Waals surface area (Å²) in [6.45, 7) is 12.0. The summed E-state index contributed by atoms with van der Waals surface area (Å²) in [5.74, 6) is 1.81. The molecule has 4 rings (SSSR count). The van der Waals surface area contributed by atoms with E-state index in [-0.39, 0.29) is 5.91 Å². The molecular formula is C23H34N6O. The quantitative estimate of drug-likeness (QED) is 0.759. The Bertz CT molecular complexity index is 824. The number of rotatable bonds is 5. The topological polar surface area (TPSA) is 57.5 Å². The molecule has 4 heterocycles. The summed E-state index contributed by atoms with van der Waals surface area (Å²) in [6, 6.07) is 3.96. The Labute approximate surface area is 179 Å². The average molecular weight is 411 g/mol. The largest absolute Gasteiger partial charge is 0.355 e. The van der Waals surface area contributed by atoms with Gasteiger partial charge in [-0.05, 0) is 44.2 Å². The molecule has 2 fully saturated rings. The lowest BCUT2D eigenvalue weighted by molar-refractivity contribution is 0.0697. The van der Waals surface area contributed by atoms with Gasteiger partial charge in [-0.2, -0.15) is 5.10 Å². The molecule has 30 heavy (non-hydrogen) atoms. The van der Waals surface area contributed by atoms with E-state index in [9.17, 15) is 4.79 Å². The van der Waals surface area contributed by atoms with E-state index >= 15 is 0 Å². The highest BCUT2D eigenvalue weighted by Crippen LogP contribution is 2.20. The van der Waals surface area contributed by atoms with Crippen molar-refractivity contribution in [3.63, 3.8) is 0 Å². The molecule has 1 amide bonds. The van der Waals surface area contributed by atoms with Crippen LogP contribution in [-0.2, 0) is 13.1 Å². The zero-order valence-electron chi connectivity index (χ0n) is 18.3. The first kappa shape index (κ1) is 20.8. The van der Waals surface area contributed by atoms with Gasteiger partial charge in [0.05, 0.1) is 11.8 Å². The summed E-state index contributed by atoms with van der Waals surface area (Å²) >= 11 is 0. The smallest absolute Gasteiger partial charge is 0.255 e. The average Bonchev–Trinajstić information content (AvgIpc) is 3.10. The Kier molecular flexibility index (Phi) is 6.67. The van der Waals surface area contributed by atoms with Crippen molar-refractivity contribution in [3.8, 4) is 0 Å². The Morgan fingerprint density at radius 1 is 1.07 bits per heavy atom. The third-order valence-electron chi connectivity index (χ3n) is 6.40. The van der Waals surface area contributed by atoms with Crippen LogP contribution in [0.3, 0.4) is 0 Å². The fraction of sp³-hybridized carbons (Fsp3) is 0.609. The number of hydrogen-bond acceptors (Lipinski definition) is 5. The lowest BCUT2D eigenvalue weighted by Crippen LogP contribution is -2.38. The molecule has 2 aromatic heterocycles. The van der Waals surface area contributed by atoms with Crippen LogP contribution in [0.1, 0.15) is 49.0 Å². The molecule has 0 saturated carbocycles. The zero-order chi connectivity index (χ0) is 20.9. The maximum absolute atomic E-state index is 12.7. The minimum absolute atomic E-state index is 0.121. The first-order chi connectivity index (χ1) is 14.6. The van der Waals surface area contributed by atoms with Crippen LogP contribution in [0.5, 0.6) is 0 Å². The Morgan fingerprint density at radius 2 is 1.90 bits per heavy atom. The second-order valence-corrected chi connectivity index (χ2v) is 8.70. The summed E-state index contributed by atoms with van der Waals surface area (Å²) in [6.07, 6.45) is 9.19. The van der Waals surface area contributed by atoms with Crippen molar-refractivity contribution in [3.05, 3.63) is 41.9 Å². The van der Waals surface area contributed by atoms with Gasteiger partial charge >= 0.3 is 0 Å². The molecule has 0 aromatic carbocycles. The van der Waals surface area contributed by atoms with Gasteiger partial charge < -0.3 is 9.80 Å². The Hall–Kier alpha value is -2.41. The molecule has 0 unspecified atom stereocenters. The number of pyridine rings is 1. The van der Waals surface area contributed by atoms with Crippen molar-refractivity contribution in [2.24, 2.45) is 5.92 Å². The highest BCUT2D eigenvalue weighted by atomic mass is 16.2. The second kappa shape index (κ2) is 9.60. The molecule has 0 atom stereocenters. The molecule has 2 aliphatic heterocycles. The van der Waals surface area contributed by atoms with Crippen molar-refractivity contribution in [2.45, 2.75) is 46.2 Å². The van der Waals surface area contributed by atoms with Crippen LogP contribution < -0.4 is 4.90 Å². The summed E-state index contributed by atoms with van der Waals surface area (Å²) in [4.78, 5) is 24.2. The van der Waals surface area contributed by atoms with E-state index in [1.54, 1.807) is 6.20 Å². The van der Waals surface area contributed by atoms with Crippen LogP contribution in [0.2, 0.25) is 0 Å². The highest BCUT2D eigenvalue weighted by molar-refractivity contribution is 5.94. The van der Waals surface area contributed by atoms with Gasteiger partial charge in [-0.25, -0.2) is 4.98 Å². The number of carbonyl (C=O) groups excluding carboxylic acids is 1. The summed E-state index contributed by atoms with van der Waals surface area (Å²) in [7, 11) is 0. The number of aromatic nitrogens is 3. The second-order valence-electron chi connectivity index (χ2n) is 8.70. The highest BCUT2D eigenvalue weighted by Gasteiger charge is 2.22. The number of nitrogens with zero attached hydrogens (tertiary/aromatic N) is 6. The van der Waals surface area contributed by atoms with Crippen LogP contribution in [0.25, 0.3) is 0 Å². The van der Waals surface area contributed by atoms with Crippen LogP contribution in [0, 0.1) is 5.92 Å². The summed E-state index contributed by atoms with van der Waals surface area (Å²) < 4.78 is 1.98. The van der Waals surface area contributed by atoms with E-state index in [1.165, 1.54) is 5.56 Å². The molecule has 0 spiro atoms. The van der Waals surface area contributed by atoms with Gasteiger partial charge in [0, 0.05) is 70.3 Å². The molecule has 7 nitrogen and oxygen atoms in total. The molecule has 0 N–H and O–H groups in total. The SMILES string of the molecule is CCn1cc(CN2CCCN(c3ccc(C(=O)N4CCC(C)CC4)cn3)CC2)cn1. The van der Waals surface area contributed by atoms with Gasteiger partial charge in [0.15, 0.2) is 0 Å². The number of piperidine rings is 1. The normalized spacial score (nSPS) is 19.1. The Balaban J connectivity index is 1.32. The number of likely N-dealkylation sites (tertiary alicyclic amines) is 1. The molecule has 2 saturated heterocycles. The van der Waals surface area contributed by atoms with Gasteiger partial charge in [-0.15, -0.1) is 0 Å². The number of aryl methyl sites for hydroxylation is 1. The minimum atomic E-state index is 0.121. The zero-order valence-corrected chi connectivity index (χ0v) is 18.3. The monoisotopic (exact) mass is 410 g/mol. The number of carbonyl (C=O) groups is 1. The molecule has 2 aliphatic rings. The number of amides is 1. The van der Waals surface area contributed by atoms with Crippen LogP contribution in [0.15, 0.2) is 30.7 Å². The van der Waals surface area contributed by atoms with E-state index in [2.05, 4.69) is 39.9 Å². The lowest BCUT2D eigenvalue weighted by atomic mass is 9.99. The predicted molar refractivity (Wildman–Crippen MR) is 119 cm³/mol. The van der Waals surface area contributed by atoms with Crippen molar-refractivity contribution in [1.29, 1.82) is 0 Å². The first-order valence-electron chi connectivity index (χ1n) is 11.4. The molecule has 2 aromatic rings. The predicted octanol–water partition coefficient (Wildman–Crippen LogP) is 2.88. The van der Waals surface area contributed by atoms with Crippen LogP contribution in [0.4, 0.5) is 5.82 Å². The fourth-order valence-corrected chi connectivity index (χ4v) is 4.37. The standard InChI is InChI=1S/C23H34N6O/c1-3-29-18-20(15-25-29)17-26-9-4-10-27(14-13-26)22-6-5-21(16-24-22)23(30)28-11-7-19(2)8-12-28/h5-6,15-16,18-19H,3-4,7-14,17H2,1-2H3. The van der Waals surface area contributed by atoms with Gasteiger partial charge in [-0.1, -0.05) is 6.92 Å². The van der Waals surface area contributed by atoms with Crippen molar-refractivity contribution in [2.75, 3.05) is 44.2 Å². The van der Waals surface area contributed by atoms with Gasteiger partial charge in [0.2, 0.25) is 0 Å². The lowest BCUT2D eigenvalue weighted by Gasteiger charge is -2.30. The van der Waals surface area contributed by atoms with E-state index in [4.69, 9.17) is 0 Å². The van der Waals surface area contributed by atoms with Crippen LogP contribution >= 0.6 is 0 Å². The third-order valence-corrected chi connectivity index (χ3v) is 6.40. The summed E-state index contributed by atoms with van der Waals surface area (Å²) in [5.41, 5.74) is 1.98. The number of hydrogen-bond donors (Lipinski definition) is 0. The molecule has 0 radical (unpaired) electrons. The third kappa shape index (κ3) is 5.01. The summed E-state index contributed by atoms with van der Waals surface area (Å²) in [5, 5.41) is 4.38. The minimum Gasteiger partial charge on any atom is -0.355 e. The van der Waals surface area contributed by atoms with Gasteiger partial charge in [0.1, 0.15) is 5.82 Å². The van der Waals surface area contributed by atoms with E-state index in [1.807, 2.05) is 27.9 Å². The van der Waals surface area contributed by atoms with Crippen LogP contribution in [-0.4, -0.2) is 69.7 Å². The van der Waals surface area contributed by atoms with Crippen molar-refractivity contribution in [1.82, 2.24) is 24.6 Å². The van der Waals surface area contributed by atoms with Gasteiger partial charge in [0.25, 0.3) is 5.91 Å². The molecular weight excluding hydrogens is 376 g/mol. The van der Waals surface area contributed by atoms with Crippen molar-refractivity contribution >= 4 is 11.7 Å². The Morgan fingerprint density at radius 3 is 2.60 bits per heavy atom. The van der Waals surface area contributed by atoms with Crippen molar-refractivity contribution < 1.29 is 4.79 Å². The fourth-order valence-electron chi connectivity index (χ4n) is 4.37. The van der Waals surface area contributed by atoms with Gasteiger partial charge in [-0.3, -0.25) is 14.4 Å². The number of anilines is 1. The molecule has 0 aliphatic carbocycles. The van der Waals surface area contributed by atoms with E-state index < -0.39 is 0 Å². The van der Waals surface area contributed by atoms with E-state index in [0.29, 0.717) is 5.56 Å².